The van der Waals surface area contributed by atoms with E-state index >= 15 is 0 Å². The topological polar surface area (TPSA) is 43.6 Å². The van der Waals surface area contributed by atoms with E-state index in [0.717, 1.165) is 22.4 Å². The molecule has 0 N–H and O–H groups in total. The van der Waals surface area contributed by atoms with E-state index in [2.05, 4.69) is 103 Å². The number of hydrogen-bond acceptors (Lipinski definition) is 3. The maximum atomic E-state index is 5.00. The molecule has 4 heteroatoms. The number of nitrogens with zero attached hydrogens (tertiary/aromatic N) is 4. The van der Waals surface area contributed by atoms with Gasteiger partial charge in [0.1, 0.15) is 0 Å². The quantitative estimate of drug-likeness (QED) is 0.197. The van der Waals surface area contributed by atoms with Crippen LogP contribution >= 0.6 is 0 Å². The van der Waals surface area contributed by atoms with Crippen LogP contribution in [0.15, 0.2) is 146 Å². The Bertz CT molecular complexity index is 2380. The molecule has 2 heterocycles. The third kappa shape index (κ3) is 4.72. The van der Waals surface area contributed by atoms with Crippen LogP contribution < -0.4 is 0 Å². The van der Waals surface area contributed by atoms with Crippen LogP contribution in [0, 0.1) is 0 Å². The van der Waals surface area contributed by atoms with Crippen molar-refractivity contribution in [1.29, 1.82) is 0 Å². The summed E-state index contributed by atoms with van der Waals surface area (Å²) >= 11 is 0. The van der Waals surface area contributed by atoms with Gasteiger partial charge in [-0.05, 0) is 52.6 Å². The Balaban J connectivity index is 0.00000165. The van der Waals surface area contributed by atoms with Crippen molar-refractivity contribution in [1.82, 2.24) is 19.5 Å². The van der Waals surface area contributed by atoms with Crippen molar-refractivity contribution in [2.24, 2.45) is 0 Å². The predicted octanol–water partition coefficient (Wildman–Crippen LogP) is 11.3. The van der Waals surface area contributed by atoms with E-state index in [4.69, 9.17) is 15.0 Å². The molecule has 0 aliphatic heterocycles. The van der Waals surface area contributed by atoms with Gasteiger partial charge in [0.25, 0.3) is 0 Å². The molecule has 4 nitrogen and oxygen atoms in total. The minimum atomic E-state index is -0.0875. The van der Waals surface area contributed by atoms with Crippen molar-refractivity contribution in [3.05, 3.63) is 157 Å². The predicted molar refractivity (Wildman–Crippen MR) is 199 cm³/mol. The van der Waals surface area contributed by atoms with E-state index < -0.39 is 0 Å². The van der Waals surface area contributed by atoms with E-state index in [1.54, 1.807) is 0 Å². The Kier molecular flexibility index (Phi) is 7.22. The number of benzene rings is 6. The number of fused-ring (bicyclic) bond motifs is 6. The molecule has 1 aliphatic rings. The summed E-state index contributed by atoms with van der Waals surface area (Å²) in [6.07, 6.45) is 0. The molecule has 0 amide bonds. The van der Waals surface area contributed by atoms with Crippen LogP contribution in [0.1, 0.15) is 38.8 Å². The van der Waals surface area contributed by atoms with Crippen LogP contribution in [-0.4, -0.2) is 19.5 Å². The molecule has 232 valence electrons. The van der Waals surface area contributed by atoms with Crippen LogP contribution in [0.3, 0.4) is 0 Å². The minimum absolute atomic E-state index is 0.0875. The highest BCUT2D eigenvalue weighted by Crippen LogP contribution is 2.51. The molecular weight excluding hydrogens is 585 g/mol. The second kappa shape index (κ2) is 11.7. The zero-order valence-corrected chi connectivity index (χ0v) is 27.6. The minimum Gasteiger partial charge on any atom is -0.309 e. The van der Waals surface area contributed by atoms with E-state index in [1.807, 2.05) is 74.5 Å². The molecule has 0 radical (unpaired) electrons. The van der Waals surface area contributed by atoms with E-state index in [9.17, 15) is 0 Å². The van der Waals surface area contributed by atoms with Crippen molar-refractivity contribution < 1.29 is 0 Å². The van der Waals surface area contributed by atoms with Gasteiger partial charge >= 0.3 is 0 Å². The average molecular weight is 621 g/mol. The van der Waals surface area contributed by atoms with Gasteiger partial charge in [-0.25, -0.2) is 15.0 Å². The van der Waals surface area contributed by atoms with Crippen LogP contribution in [-0.2, 0) is 5.41 Å². The Morgan fingerprint density at radius 2 is 1.00 bits per heavy atom. The summed E-state index contributed by atoms with van der Waals surface area (Å²) in [7, 11) is 0. The number of hydrogen-bond donors (Lipinski definition) is 0. The third-order valence-corrected chi connectivity index (χ3v) is 9.44. The lowest BCUT2D eigenvalue weighted by Crippen LogP contribution is -2.14. The number of para-hydroxylation sites is 1. The zero-order chi connectivity index (χ0) is 32.8. The van der Waals surface area contributed by atoms with Crippen molar-refractivity contribution in [2.75, 3.05) is 0 Å². The van der Waals surface area contributed by atoms with Gasteiger partial charge in [0.2, 0.25) is 0 Å². The Morgan fingerprint density at radius 1 is 0.438 bits per heavy atom. The summed E-state index contributed by atoms with van der Waals surface area (Å²) < 4.78 is 2.39. The smallest absolute Gasteiger partial charge is 0.164 e. The molecule has 6 aromatic carbocycles. The first-order valence-electron chi connectivity index (χ1n) is 16.7. The van der Waals surface area contributed by atoms with Gasteiger partial charge in [-0.3, -0.25) is 0 Å². The summed E-state index contributed by atoms with van der Waals surface area (Å²) in [5, 5.41) is 2.50. The molecule has 0 spiro atoms. The van der Waals surface area contributed by atoms with Gasteiger partial charge in [-0.2, -0.15) is 0 Å². The van der Waals surface area contributed by atoms with Crippen LogP contribution in [0.2, 0.25) is 0 Å². The monoisotopic (exact) mass is 620 g/mol. The van der Waals surface area contributed by atoms with Crippen molar-refractivity contribution >= 4 is 21.8 Å². The molecule has 0 saturated heterocycles. The maximum absolute atomic E-state index is 5.00. The van der Waals surface area contributed by atoms with Gasteiger partial charge in [-0.15, -0.1) is 0 Å². The molecule has 0 atom stereocenters. The zero-order valence-electron chi connectivity index (χ0n) is 27.6. The molecule has 48 heavy (non-hydrogen) atoms. The molecule has 0 bridgehead atoms. The van der Waals surface area contributed by atoms with E-state index in [0.29, 0.717) is 17.5 Å². The maximum Gasteiger partial charge on any atom is 0.164 e. The third-order valence-electron chi connectivity index (χ3n) is 9.44. The molecule has 1 aliphatic carbocycles. The molecule has 0 fully saturated rings. The Hall–Kier alpha value is -5.87. The second-order valence-corrected chi connectivity index (χ2v) is 12.5. The first-order valence-corrected chi connectivity index (χ1v) is 16.7. The highest BCUT2D eigenvalue weighted by molar-refractivity contribution is 6.11. The molecule has 2 aromatic heterocycles. The van der Waals surface area contributed by atoms with Crippen LogP contribution in [0.5, 0.6) is 0 Å². The largest absolute Gasteiger partial charge is 0.309 e. The highest BCUT2D eigenvalue weighted by atomic mass is 15.0. The van der Waals surface area contributed by atoms with Gasteiger partial charge in [0.05, 0.1) is 11.0 Å². The number of aromatic nitrogens is 4. The lowest BCUT2D eigenvalue weighted by molar-refractivity contribution is 0.661. The molecule has 9 rings (SSSR count). The summed E-state index contributed by atoms with van der Waals surface area (Å²) in [5.74, 6) is 1.96. The fourth-order valence-electron chi connectivity index (χ4n) is 7.16. The summed E-state index contributed by atoms with van der Waals surface area (Å²) in [6, 6.07) is 51.2. The summed E-state index contributed by atoms with van der Waals surface area (Å²) in [5.41, 5.74) is 11.6. The number of rotatable bonds is 4. The first kappa shape index (κ1) is 29.5. The second-order valence-electron chi connectivity index (χ2n) is 12.5. The van der Waals surface area contributed by atoms with Crippen molar-refractivity contribution in [3.63, 3.8) is 0 Å². The average Bonchev–Trinajstić information content (AvgIpc) is 3.60. The van der Waals surface area contributed by atoms with Gasteiger partial charge in [0, 0.05) is 38.6 Å². The molecule has 0 unspecified atom stereocenters. The fourth-order valence-corrected chi connectivity index (χ4v) is 7.16. The summed E-state index contributed by atoms with van der Waals surface area (Å²) in [4.78, 5) is 14.9. The van der Waals surface area contributed by atoms with Crippen molar-refractivity contribution in [3.8, 4) is 51.0 Å². The van der Waals surface area contributed by atoms with E-state index in [1.165, 1.54) is 44.1 Å². The SMILES string of the molecule is CC.CC1(C)c2ccccc2-c2cc3c4ccccc4n(-c4cccc(-c5nc(-c6ccccc6)nc(-c6ccccc6)n5)c4)c3cc21. The standard InChI is InChI=1S/C42H30N4.C2H6/c1-42(2)35-22-11-9-20-31(35)33-25-34-32-21-10-12-23-37(32)46(38(34)26-36(33)42)30-19-13-18-29(24-30)41-44-39(27-14-5-3-6-15-27)43-40(45-41)28-16-7-4-8-17-28;1-2/h3-26H,1-2H3;1-2H3. The summed E-state index contributed by atoms with van der Waals surface area (Å²) in [6.45, 7) is 8.68. The van der Waals surface area contributed by atoms with Gasteiger partial charge in [-0.1, -0.05) is 143 Å². The van der Waals surface area contributed by atoms with Gasteiger partial charge < -0.3 is 4.57 Å². The Morgan fingerprint density at radius 3 is 1.69 bits per heavy atom. The molecule has 8 aromatic rings. The van der Waals surface area contributed by atoms with Crippen LogP contribution in [0.25, 0.3) is 72.8 Å². The van der Waals surface area contributed by atoms with Gasteiger partial charge in [0.15, 0.2) is 17.5 Å². The molecule has 0 saturated carbocycles. The van der Waals surface area contributed by atoms with E-state index in [-0.39, 0.29) is 5.41 Å². The Labute approximate surface area is 281 Å². The fraction of sp³-hybridized carbons (Fsp3) is 0.114. The van der Waals surface area contributed by atoms with Crippen LogP contribution in [0.4, 0.5) is 0 Å². The molecular formula is C44H36N4. The lowest BCUT2D eigenvalue weighted by atomic mass is 9.82. The lowest BCUT2D eigenvalue weighted by Gasteiger charge is -2.21. The highest BCUT2D eigenvalue weighted by Gasteiger charge is 2.36. The first-order chi connectivity index (χ1) is 23.6. The van der Waals surface area contributed by atoms with Crippen molar-refractivity contribution in [2.45, 2.75) is 33.1 Å². The normalized spacial score (nSPS) is 12.8.